The Balaban J connectivity index is 2.17. The van der Waals surface area contributed by atoms with E-state index in [-0.39, 0.29) is 0 Å². The van der Waals surface area contributed by atoms with Crippen molar-refractivity contribution in [2.24, 2.45) is 0 Å². The first-order valence-electron chi connectivity index (χ1n) is 4.07. The van der Waals surface area contributed by atoms with Gasteiger partial charge in [-0.05, 0) is 32.7 Å². The van der Waals surface area contributed by atoms with Gasteiger partial charge in [0.05, 0.1) is 6.10 Å². The SMILES string of the molecule is CN[C@H]1CC[C@@H](OC)CC1. The second-order valence-corrected chi connectivity index (χ2v) is 3.00. The fourth-order valence-corrected chi connectivity index (χ4v) is 1.59. The largest absolute Gasteiger partial charge is 0.381 e. The normalized spacial score (nSPS) is 34.2. The first-order valence-corrected chi connectivity index (χ1v) is 4.07. The predicted molar refractivity (Wildman–Crippen MR) is 42.1 cm³/mol. The molecule has 0 bridgehead atoms. The van der Waals surface area contributed by atoms with Gasteiger partial charge in [0.15, 0.2) is 0 Å². The molecule has 0 heterocycles. The Labute approximate surface area is 63.0 Å². The monoisotopic (exact) mass is 143 g/mol. The van der Waals surface area contributed by atoms with Crippen molar-refractivity contribution in [2.75, 3.05) is 14.2 Å². The van der Waals surface area contributed by atoms with Crippen molar-refractivity contribution < 1.29 is 4.74 Å². The molecule has 0 radical (unpaired) electrons. The van der Waals surface area contributed by atoms with Gasteiger partial charge < -0.3 is 10.1 Å². The lowest BCUT2D eigenvalue weighted by molar-refractivity contribution is 0.0634. The quantitative estimate of drug-likeness (QED) is 0.626. The van der Waals surface area contributed by atoms with Crippen LogP contribution in [-0.4, -0.2) is 26.3 Å². The maximum Gasteiger partial charge on any atom is 0.0572 e. The van der Waals surface area contributed by atoms with E-state index >= 15 is 0 Å². The molecule has 1 N–H and O–H groups in total. The van der Waals surface area contributed by atoms with E-state index in [1.807, 2.05) is 14.2 Å². The molecule has 0 aromatic heterocycles. The molecule has 0 unspecified atom stereocenters. The van der Waals surface area contributed by atoms with Crippen molar-refractivity contribution in [1.82, 2.24) is 5.32 Å². The fraction of sp³-hybridized carbons (Fsp3) is 1.00. The van der Waals surface area contributed by atoms with Gasteiger partial charge >= 0.3 is 0 Å². The molecule has 60 valence electrons. The number of hydrogen-bond donors (Lipinski definition) is 1. The second kappa shape index (κ2) is 3.94. The first kappa shape index (κ1) is 8.02. The summed E-state index contributed by atoms with van der Waals surface area (Å²) in [4.78, 5) is 0. The molecule has 0 aromatic carbocycles. The van der Waals surface area contributed by atoms with Gasteiger partial charge in [-0.15, -0.1) is 0 Å². The van der Waals surface area contributed by atoms with E-state index < -0.39 is 0 Å². The highest BCUT2D eigenvalue weighted by Gasteiger charge is 2.18. The summed E-state index contributed by atoms with van der Waals surface area (Å²) in [6.07, 6.45) is 5.53. The Bertz CT molecular complexity index is 75.3. The van der Waals surface area contributed by atoms with Gasteiger partial charge in [-0.3, -0.25) is 0 Å². The summed E-state index contributed by atoms with van der Waals surface area (Å²) in [5, 5.41) is 3.29. The minimum Gasteiger partial charge on any atom is -0.381 e. The van der Waals surface area contributed by atoms with E-state index in [1.54, 1.807) is 0 Å². The van der Waals surface area contributed by atoms with E-state index in [0.717, 1.165) is 6.04 Å². The summed E-state index contributed by atoms with van der Waals surface area (Å²) in [6, 6.07) is 0.742. The Morgan fingerprint density at radius 2 is 1.80 bits per heavy atom. The van der Waals surface area contributed by atoms with Crippen LogP contribution in [0.5, 0.6) is 0 Å². The molecule has 2 nitrogen and oxygen atoms in total. The maximum absolute atomic E-state index is 5.26. The van der Waals surface area contributed by atoms with Gasteiger partial charge in [0.2, 0.25) is 0 Å². The highest BCUT2D eigenvalue weighted by Crippen LogP contribution is 2.19. The van der Waals surface area contributed by atoms with Crippen molar-refractivity contribution in [2.45, 2.75) is 37.8 Å². The zero-order chi connectivity index (χ0) is 7.40. The first-order chi connectivity index (χ1) is 4.86. The number of methoxy groups -OCH3 is 1. The van der Waals surface area contributed by atoms with Gasteiger partial charge in [0.1, 0.15) is 0 Å². The topological polar surface area (TPSA) is 21.3 Å². The van der Waals surface area contributed by atoms with Crippen molar-refractivity contribution >= 4 is 0 Å². The van der Waals surface area contributed by atoms with Crippen LogP contribution in [0, 0.1) is 0 Å². The molecule has 0 amide bonds. The third kappa shape index (κ3) is 1.96. The van der Waals surface area contributed by atoms with Crippen LogP contribution in [0.25, 0.3) is 0 Å². The molecule has 1 saturated carbocycles. The lowest BCUT2D eigenvalue weighted by atomic mass is 9.93. The Morgan fingerprint density at radius 3 is 2.20 bits per heavy atom. The molecule has 1 aliphatic carbocycles. The average molecular weight is 143 g/mol. The summed E-state index contributed by atoms with van der Waals surface area (Å²) in [5.74, 6) is 0. The molecule has 0 atom stereocenters. The van der Waals surface area contributed by atoms with E-state index in [1.165, 1.54) is 25.7 Å². The van der Waals surface area contributed by atoms with Gasteiger partial charge in [-0.2, -0.15) is 0 Å². The third-order valence-electron chi connectivity index (χ3n) is 2.42. The van der Waals surface area contributed by atoms with Crippen molar-refractivity contribution in [3.63, 3.8) is 0 Å². The molecule has 0 aliphatic heterocycles. The van der Waals surface area contributed by atoms with Gasteiger partial charge in [0.25, 0.3) is 0 Å². The summed E-state index contributed by atoms with van der Waals surface area (Å²) in [6.45, 7) is 0. The number of nitrogens with one attached hydrogen (secondary N) is 1. The van der Waals surface area contributed by atoms with Crippen LogP contribution < -0.4 is 5.32 Å². The molecular formula is C8H17NO. The fourth-order valence-electron chi connectivity index (χ4n) is 1.59. The van der Waals surface area contributed by atoms with Crippen LogP contribution >= 0.6 is 0 Å². The molecule has 0 spiro atoms. The zero-order valence-electron chi connectivity index (χ0n) is 6.89. The van der Waals surface area contributed by atoms with Crippen LogP contribution in [0.1, 0.15) is 25.7 Å². The number of rotatable bonds is 2. The Kier molecular flexibility index (Phi) is 3.16. The molecule has 1 aliphatic rings. The van der Waals surface area contributed by atoms with Crippen molar-refractivity contribution in [1.29, 1.82) is 0 Å². The molecule has 0 saturated heterocycles. The summed E-state index contributed by atoms with van der Waals surface area (Å²) in [5.41, 5.74) is 0. The van der Waals surface area contributed by atoms with Crippen molar-refractivity contribution in [3.05, 3.63) is 0 Å². The number of ether oxygens (including phenoxy) is 1. The van der Waals surface area contributed by atoms with Crippen LogP contribution in [0.4, 0.5) is 0 Å². The Hall–Kier alpha value is -0.0800. The summed E-state index contributed by atoms with van der Waals surface area (Å²) in [7, 11) is 3.85. The minimum atomic E-state index is 0.532. The molecular weight excluding hydrogens is 126 g/mol. The summed E-state index contributed by atoms with van der Waals surface area (Å²) < 4.78 is 5.26. The van der Waals surface area contributed by atoms with Gasteiger partial charge in [-0.1, -0.05) is 0 Å². The van der Waals surface area contributed by atoms with Gasteiger partial charge in [-0.25, -0.2) is 0 Å². The molecule has 2 heteroatoms. The third-order valence-corrected chi connectivity index (χ3v) is 2.42. The van der Waals surface area contributed by atoms with Gasteiger partial charge in [0, 0.05) is 13.2 Å². The lowest BCUT2D eigenvalue weighted by Crippen LogP contribution is -2.32. The van der Waals surface area contributed by atoms with E-state index in [4.69, 9.17) is 4.74 Å². The summed E-state index contributed by atoms with van der Waals surface area (Å²) >= 11 is 0. The van der Waals surface area contributed by atoms with E-state index in [9.17, 15) is 0 Å². The minimum absolute atomic E-state index is 0.532. The lowest BCUT2D eigenvalue weighted by Gasteiger charge is -2.26. The van der Waals surface area contributed by atoms with Crippen LogP contribution in [-0.2, 0) is 4.74 Å². The standard InChI is InChI=1S/C8H17NO/c1-9-7-3-5-8(10-2)6-4-7/h7-9H,3-6H2,1-2H3/t7-,8+. The molecule has 1 rings (SSSR count). The predicted octanol–water partition coefficient (Wildman–Crippen LogP) is 1.16. The highest BCUT2D eigenvalue weighted by molar-refractivity contribution is 4.75. The zero-order valence-corrected chi connectivity index (χ0v) is 6.89. The maximum atomic E-state index is 5.26. The molecule has 10 heavy (non-hydrogen) atoms. The average Bonchev–Trinajstić information content (AvgIpc) is 2.05. The molecule has 0 aromatic rings. The number of hydrogen-bond acceptors (Lipinski definition) is 2. The van der Waals surface area contributed by atoms with Crippen LogP contribution in [0.3, 0.4) is 0 Å². The highest BCUT2D eigenvalue weighted by atomic mass is 16.5. The molecule has 1 fully saturated rings. The van der Waals surface area contributed by atoms with Crippen LogP contribution in [0.2, 0.25) is 0 Å². The van der Waals surface area contributed by atoms with E-state index in [2.05, 4.69) is 5.32 Å². The Morgan fingerprint density at radius 1 is 1.20 bits per heavy atom. The van der Waals surface area contributed by atoms with E-state index in [0.29, 0.717) is 6.10 Å². The van der Waals surface area contributed by atoms with Crippen LogP contribution in [0.15, 0.2) is 0 Å². The van der Waals surface area contributed by atoms with Crippen molar-refractivity contribution in [3.8, 4) is 0 Å². The second-order valence-electron chi connectivity index (χ2n) is 3.00. The smallest absolute Gasteiger partial charge is 0.0572 e.